The molecular formula is C28H42N4O6. The van der Waals surface area contributed by atoms with Crippen molar-refractivity contribution >= 4 is 12.1 Å². The van der Waals surface area contributed by atoms with Crippen molar-refractivity contribution in [3.8, 4) is 0 Å². The topological polar surface area (TPSA) is 113 Å². The number of hydrazine groups is 1. The fourth-order valence-corrected chi connectivity index (χ4v) is 6.31. The second-order valence-corrected chi connectivity index (χ2v) is 11.7. The summed E-state index contributed by atoms with van der Waals surface area (Å²) in [7, 11) is 0. The van der Waals surface area contributed by atoms with Crippen molar-refractivity contribution in [2.75, 3.05) is 32.8 Å². The Bertz CT molecular complexity index is 956. The number of rotatable bonds is 10. The van der Waals surface area contributed by atoms with Crippen LogP contribution in [-0.4, -0.2) is 90.2 Å². The average molecular weight is 531 g/mol. The van der Waals surface area contributed by atoms with Crippen LogP contribution in [0.5, 0.6) is 0 Å². The third kappa shape index (κ3) is 6.25. The first-order valence-corrected chi connectivity index (χ1v) is 14.1. The molecule has 5 rings (SSSR count). The maximum absolute atomic E-state index is 13.0. The lowest BCUT2D eigenvalue weighted by Crippen LogP contribution is -2.55. The van der Waals surface area contributed by atoms with Crippen LogP contribution in [0.25, 0.3) is 0 Å². The Hall–Kier alpha value is -2.40. The van der Waals surface area contributed by atoms with Gasteiger partial charge in [0.1, 0.15) is 6.10 Å². The van der Waals surface area contributed by atoms with Gasteiger partial charge in [0.15, 0.2) is 6.29 Å². The number of nitrogens with zero attached hydrogens (tertiary/aromatic N) is 2. The van der Waals surface area contributed by atoms with Gasteiger partial charge in [0, 0.05) is 13.1 Å². The highest BCUT2D eigenvalue weighted by molar-refractivity contribution is 5.77. The van der Waals surface area contributed by atoms with E-state index in [1.54, 1.807) is 5.01 Å². The van der Waals surface area contributed by atoms with E-state index in [0.717, 1.165) is 37.7 Å². The minimum Gasteiger partial charge on any atom is -0.443 e. The third-order valence-corrected chi connectivity index (χ3v) is 8.24. The zero-order chi connectivity index (χ0) is 26.7. The number of hydrogen-bond acceptors (Lipinski definition) is 7. The van der Waals surface area contributed by atoms with E-state index in [0.29, 0.717) is 32.7 Å². The van der Waals surface area contributed by atoms with Crippen molar-refractivity contribution in [3.63, 3.8) is 0 Å². The Morgan fingerprint density at radius 3 is 2.74 bits per heavy atom. The largest absolute Gasteiger partial charge is 0.443 e. The van der Waals surface area contributed by atoms with Gasteiger partial charge in [0.2, 0.25) is 0 Å². The van der Waals surface area contributed by atoms with Gasteiger partial charge < -0.3 is 30.0 Å². The highest BCUT2D eigenvalue weighted by Crippen LogP contribution is 2.35. The fraction of sp³-hybridized carbons (Fsp3) is 0.714. The van der Waals surface area contributed by atoms with Gasteiger partial charge in [-0.15, -0.1) is 0 Å². The Labute approximate surface area is 224 Å². The molecule has 10 heteroatoms. The van der Waals surface area contributed by atoms with Gasteiger partial charge in [-0.3, -0.25) is 5.01 Å². The molecule has 4 fully saturated rings. The molecule has 3 saturated heterocycles. The number of urea groups is 1. The van der Waals surface area contributed by atoms with E-state index in [1.807, 2.05) is 35.3 Å². The number of aliphatic hydroxyl groups is 1. The highest BCUT2D eigenvalue weighted by atomic mass is 16.7. The molecule has 0 radical (unpaired) electrons. The standard InChI is InChI=1S/C28H42N4O6/c1-19(2)15-31(32-18-28(30-26(32)34)11-6-7-12-28)16-23(33)22(14-20-8-4-3-5-9-20)29-27(35)38-24-17-37-25-21(24)10-13-36-25/h3-5,8-9,19,21-25,33H,6-7,10-18H2,1-2H3,(H,29,35)(H,30,34)/t21-,22-,23+,24-,25+/m0/s1. The fourth-order valence-electron chi connectivity index (χ4n) is 6.31. The molecule has 1 spiro atoms. The number of fused-ring (bicyclic) bond motifs is 1. The van der Waals surface area contributed by atoms with Crippen LogP contribution in [-0.2, 0) is 20.6 Å². The zero-order valence-electron chi connectivity index (χ0n) is 22.5. The van der Waals surface area contributed by atoms with Gasteiger partial charge in [-0.25, -0.2) is 14.6 Å². The molecule has 3 heterocycles. The van der Waals surface area contributed by atoms with Gasteiger partial charge in [-0.1, -0.05) is 57.0 Å². The normalized spacial score (nSPS) is 27.7. The molecule has 0 unspecified atom stereocenters. The van der Waals surface area contributed by atoms with Crippen molar-refractivity contribution in [3.05, 3.63) is 35.9 Å². The SMILES string of the molecule is CC(C)CN(C[C@@H](O)[C@H](Cc1ccccc1)NC(=O)O[C@H]1CO[C@H]2OCC[C@H]21)N1CC2(CCCC2)NC1=O. The lowest BCUT2D eigenvalue weighted by Gasteiger charge is -2.36. The molecule has 0 aromatic heterocycles. The van der Waals surface area contributed by atoms with Crippen LogP contribution in [0.3, 0.4) is 0 Å². The summed E-state index contributed by atoms with van der Waals surface area (Å²) in [5.74, 6) is 0.320. The molecule has 4 aliphatic rings. The van der Waals surface area contributed by atoms with Crippen molar-refractivity contribution in [2.45, 2.75) is 82.5 Å². The molecule has 1 aromatic rings. The summed E-state index contributed by atoms with van der Waals surface area (Å²) in [5, 5.41) is 21.4. The van der Waals surface area contributed by atoms with E-state index in [9.17, 15) is 14.7 Å². The van der Waals surface area contributed by atoms with Crippen molar-refractivity contribution in [1.29, 1.82) is 0 Å². The first kappa shape index (κ1) is 27.2. The van der Waals surface area contributed by atoms with Crippen LogP contribution in [0.2, 0.25) is 0 Å². The van der Waals surface area contributed by atoms with Gasteiger partial charge in [-0.2, -0.15) is 0 Å². The number of amides is 3. The maximum atomic E-state index is 13.0. The van der Waals surface area contributed by atoms with Crippen molar-refractivity contribution < 1.29 is 28.9 Å². The monoisotopic (exact) mass is 530 g/mol. The summed E-state index contributed by atoms with van der Waals surface area (Å²) < 4.78 is 16.9. The number of nitrogens with one attached hydrogen (secondary N) is 2. The molecule has 10 nitrogen and oxygen atoms in total. The van der Waals surface area contributed by atoms with Crippen molar-refractivity contribution in [2.24, 2.45) is 11.8 Å². The van der Waals surface area contributed by atoms with Gasteiger partial charge in [-0.05, 0) is 37.2 Å². The molecule has 1 saturated carbocycles. The molecule has 3 amide bonds. The van der Waals surface area contributed by atoms with E-state index in [2.05, 4.69) is 24.5 Å². The molecule has 3 aliphatic heterocycles. The minimum atomic E-state index is -0.933. The molecule has 38 heavy (non-hydrogen) atoms. The van der Waals surface area contributed by atoms with Crippen LogP contribution >= 0.6 is 0 Å². The smallest absolute Gasteiger partial charge is 0.407 e. The lowest BCUT2D eigenvalue weighted by molar-refractivity contribution is -0.0907. The summed E-state index contributed by atoms with van der Waals surface area (Å²) >= 11 is 0. The molecule has 1 aliphatic carbocycles. The van der Waals surface area contributed by atoms with Gasteiger partial charge in [0.25, 0.3) is 0 Å². The van der Waals surface area contributed by atoms with Crippen LogP contribution in [0.15, 0.2) is 30.3 Å². The molecule has 5 atom stereocenters. The number of benzene rings is 1. The van der Waals surface area contributed by atoms with E-state index in [1.165, 1.54) is 0 Å². The third-order valence-electron chi connectivity index (χ3n) is 8.24. The number of aliphatic hydroxyl groups excluding tert-OH is 1. The maximum Gasteiger partial charge on any atom is 0.407 e. The van der Waals surface area contributed by atoms with Crippen LogP contribution in [0.1, 0.15) is 51.5 Å². The molecule has 0 bridgehead atoms. The van der Waals surface area contributed by atoms with Crippen LogP contribution < -0.4 is 10.6 Å². The second-order valence-electron chi connectivity index (χ2n) is 11.7. The van der Waals surface area contributed by atoms with Gasteiger partial charge in [0.05, 0.1) is 43.4 Å². The quantitative estimate of drug-likeness (QED) is 0.426. The Morgan fingerprint density at radius 1 is 1.24 bits per heavy atom. The van der Waals surface area contributed by atoms with E-state index in [-0.39, 0.29) is 42.3 Å². The summed E-state index contributed by atoms with van der Waals surface area (Å²) in [4.78, 5) is 26.0. The number of hydrogen-bond donors (Lipinski definition) is 3. The minimum absolute atomic E-state index is 0.0383. The summed E-state index contributed by atoms with van der Waals surface area (Å²) in [6, 6.07) is 9.04. The predicted octanol–water partition coefficient (Wildman–Crippen LogP) is 2.66. The summed E-state index contributed by atoms with van der Waals surface area (Å²) in [6.07, 6.45) is 3.23. The predicted molar refractivity (Wildman–Crippen MR) is 140 cm³/mol. The molecule has 210 valence electrons. The first-order valence-electron chi connectivity index (χ1n) is 14.1. The summed E-state index contributed by atoms with van der Waals surface area (Å²) in [6.45, 7) is 6.54. The molecular weight excluding hydrogens is 488 g/mol. The number of carbonyl (C=O) groups excluding carboxylic acids is 2. The van der Waals surface area contributed by atoms with E-state index >= 15 is 0 Å². The van der Waals surface area contributed by atoms with Crippen molar-refractivity contribution in [1.82, 2.24) is 20.7 Å². The lowest BCUT2D eigenvalue weighted by atomic mass is 9.99. The second kappa shape index (κ2) is 11.8. The van der Waals surface area contributed by atoms with Gasteiger partial charge >= 0.3 is 12.1 Å². The highest BCUT2D eigenvalue weighted by Gasteiger charge is 2.47. The zero-order valence-corrected chi connectivity index (χ0v) is 22.5. The number of alkyl carbamates (subject to hydrolysis) is 1. The molecule has 1 aromatic carbocycles. The first-order chi connectivity index (χ1) is 18.3. The number of ether oxygens (including phenoxy) is 3. The van der Waals surface area contributed by atoms with E-state index < -0.39 is 18.2 Å². The van der Waals surface area contributed by atoms with Crippen LogP contribution in [0.4, 0.5) is 9.59 Å². The molecule has 3 N–H and O–H groups in total. The Morgan fingerprint density at radius 2 is 2.00 bits per heavy atom. The number of carbonyl (C=O) groups is 2. The average Bonchev–Trinajstić information content (AvgIpc) is 3.66. The summed E-state index contributed by atoms with van der Waals surface area (Å²) in [5.41, 5.74) is 0.818. The Kier molecular flexibility index (Phi) is 8.42. The van der Waals surface area contributed by atoms with E-state index in [4.69, 9.17) is 14.2 Å². The van der Waals surface area contributed by atoms with Crippen LogP contribution in [0, 0.1) is 11.8 Å². The Balaban J connectivity index is 1.27.